The fourth-order valence-corrected chi connectivity index (χ4v) is 4.38. The van der Waals surface area contributed by atoms with E-state index in [9.17, 15) is 4.79 Å². The molecule has 1 fully saturated rings. The summed E-state index contributed by atoms with van der Waals surface area (Å²) in [4.78, 5) is 16.6. The van der Waals surface area contributed by atoms with E-state index in [-0.39, 0.29) is 5.91 Å². The Hall–Kier alpha value is -0.950. The molecule has 2 aliphatic rings. The first-order chi connectivity index (χ1) is 11.1. The van der Waals surface area contributed by atoms with Gasteiger partial charge in [-0.3, -0.25) is 9.69 Å². The Morgan fingerprint density at radius 1 is 1.52 bits per heavy atom. The van der Waals surface area contributed by atoms with Gasteiger partial charge in [-0.15, -0.1) is 11.3 Å². The number of nitrogens with two attached hydrogens (primary N) is 1. The topological polar surface area (TPSA) is 67.6 Å². The monoisotopic (exact) mass is 337 g/mol. The lowest BCUT2D eigenvalue weighted by Gasteiger charge is -2.36. The van der Waals surface area contributed by atoms with Crippen LogP contribution in [0.5, 0.6) is 0 Å². The summed E-state index contributed by atoms with van der Waals surface area (Å²) in [5.74, 6) is 0.100. The summed E-state index contributed by atoms with van der Waals surface area (Å²) in [5, 5.41) is 5.32. The van der Waals surface area contributed by atoms with Crippen LogP contribution in [0.3, 0.4) is 0 Å². The second-order valence-corrected chi connectivity index (χ2v) is 7.75. The van der Waals surface area contributed by atoms with Crippen LogP contribution in [-0.4, -0.2) is 49.7 Å². The highest BCUT2D eigenvalue weighted by molar-refractivity contribution is 7.10. The summed E-state index contributed by atoms with van der Waals surface area (Å²) in [6.45, 7) is 6.60. The average Bonchev–Trinajstić information content (AvgIpc) is 3.07. The van der Waals surface area contributed by atoms with Crippen LogP contribution in [0.2, 0.25) is 0 Å². The molecule has 0 aliphatic carbocycles. The Morgan fingerprint density at radius 3 is 3.04 bits per heavy atom. The van der Waals surface area contributed by atoms with E-state index < -0.39 is 5.41 Å². The smallest absolute Gasteiger partial charge is 0.227 e. The molecule has 1 amide bonds. The van der Waals surface area contributed by atoms with Crippen LogP contribution in [0.4, 0.5) is 0 Å². The SMILES string of the molecule is CC(CNC(=O)C1(CN)CCOCC1)N1CCc2sccc2C1. The lowest BCUT2D eigenvalue weighted by Crippen LogP contribution is -2.52. The van der Waals surface area contributed by atoms with Crippen LogP contribution in [-0.2, 0) is 22.5 Å². The second-order valence-electron chi connectivity index (χ2n) is 6.75. The maximum atomic E-state index is 12.6. The number of nitrogens with zero attached hydrogens (tertiary/aromatic N) is 1. The molecule has 0 bridgehead atoms. The van der Waals surface area contributed by atoms with Gasteiger partial charge in [0.1, 0.15) is 0 Å². The number of amides is 1. The number of ether oxygens (including phenoxy) is 1. The molecule has 6 heteroatoms. The molecule has 2 aliphatic heterocycles. The third-order valence-electron chi connectivity index (χ3n) is 5.34. The maximum Gasteiger partial charge on any atom is 0.227 e. The van der Waals surface area contributed by atoms with Gasteiger partial charge in [-0.2, -0.15) is 0 Å². The maximum absolute atomic E-state index is 12.6. The van der Waals surface area contributed by atoms with Crippen molar-refractivity contribution in [2.24, 2.45) is 11.1 Å². The molecule has 1 aromatic heterocycles. The van der Waals surface area contributed by atoms with E-state index in [2.05, 4.69) is 28.6 Å². The fourth-order valence-electron chi connectivity index (χ4n) is 3.49. The number of thiophene rings is 1. The number of carbonyl (C=O) groups excluding carboxylic acids is 1. The molecule has 0 spiro atoms. The Morgan fingerprint density at radius 2 is 2.30 bits per heavy atom. The number of hydrogen-bond donors (Lipinski definition) is 2. The molecule has 3 rings (SSSR count). The van der Waals surface area contributed by atoms with Crippen molar-refractivity contribution in [2.45, 2.75) is 38.8 Å². The Kier molecular flexibility index (Phi) is 5.36. The van der Waals surface area contributed by atoms with E-state index in [4.69, 9.17) is 10.5 Å². The summed E-state index contributed by atoms with van der Waals surface area (Å²) >= 11 is 1.86. The van der Waals surface area contributed by atoms with Crippen molar-refractivity contribution in [3.63, 3.8) is 0 Å². The Bertz CT molecular complexity index is 540. The summed E-state index contributed by atoms with van der Waals surface area (Å²) < 4.78 is 5.38. The van der Waals surface area contributed by atoms with Gasteiger partial charge in [0.25, 0.3) is 0 Å². The van der Waals surface area contributed by atoms with Gasteiger partial charge in [-0.25, -0.2) is 0 Å². The van der Waals surface area contributed by atoms with Gasteiger partial charge in [0.15, 0.2) is 0 Å². The average molecular weight is 337 g/mol. The van der Waals surface area contributed by atoms with E-state index in [0.29, 0.717) is 32.3 Å². The fraction of sp³-hybridized carbons (Fsp3) is 0.706. The quantitative estimate of drug-likeness (QED) is 0.851. The predicted octanol–water partition coefficient (Wildman–Crippen LogP) is 1.37. The zero-order chi connectivity index (χ0) is 16.3. The first-order valence-electron chi connectivity index (χ1n) is 8.50. The number of rotatable bonds is 5. The van der Waals surface area contributed by atoms with Crippen molar-refractivity contribution in [1.82, 2.24) is 10.2 Å². The zero-order valence-corrected chi connectivity index (χ0v) is 14.7. The second kappa shape index (κ2) is 7.30. The molecule has 0 aromatic carbocycles. The summed E-state index contributed by atoms with van der Waals surface area (Å²) in [6.07, 6.45) is 2.58. The van der Waals surface area contributed by atoms with Gasteiger partial charge in [0.2, 0.25) is 5.91 Å². The van der Waals surface area contributed by atoms with Crippen LogP contribution in [0.25, 0.3) is 0 Å². The van der Waals surface area contributed by atoms with Crippen LogP contribution in [0, 0.1) is 5.41 Å². The van der Waals surface area contributed by atoms with Crippen LogP contribution in [0.15, 0.2) is 11.4 Å². The molecular weight excluding hydrogens is 310 g/mol. The van der Waals surface area contributed by atoms with Gasteiger partial charge in [0, 0.05) is 50.3 Å². The third kappa shape index (κ3) is 3.60. The summed E-state index contributed by atoms with van der Waals surface area (Å²) in [6, 6.07) is 2.56. The van der Waals surface area contributed by atoms with Gasteiger partial charge in [-0.1, -0.05) is 0 Å². The largest absolute Gasteiger partial charge is 0.381 e. The minimum atomic E-state index is -0.430. The minimum absolute atomic E-state index is 0.100. The zero-order valence-electron chi connectivity index (χ0n) is 13.8. The molecule has 1 unspecified atom stereocenters. The summed E-state index contributed by atoms with van der Waals surface area (Å²) in [7, 11) is 0. The number of carbonyl (C=O) groups is 1. The summed E-state index contributed by atoms with van der Waals surface area (Å²) in [5.41, 5.74) is 6.92. The number of fused-ring (bicyclic) bond motifs is 1. The van der Waals surface area contributed by atoms with E-state index in [1.54, 1.807) is 0 Å². The lowest BCUT2D eigenvalue weighted by molar-refractivity contribution is -0.136. The highest BCUT2D eigenvalue weighted by Gasteiger charge is 2.38. The van der Waals surface area contributed by atoms with E-state index in [0.717, 1.165) is 32.4 Å². The van der Waals surface area contributed by atoms with Crippen molar-refractivity contribution in [2.75, 3.05) is 32.8 Å². The van der Waals surface area contributed by atoms with Crippen molar-refractivity contribution >= 4 is 17.2 Å². The molecule has 23 heavy (non-hydrogen) atoms. The first kappa shape index (κ1) is 16.9. The predicted molar refractivity (Wildman–Crippen MR) is 92.4 cm³/mol. The van der Waals surface area contributed by atoms with Crippen LogP contribution >= 0.6 is 11.3 Å². The normalized spacial score (nSPS) is 22.3. The molecule has 128 valence electrons. The van der Waals surface area contributed by atoms with Gasteiger partial charge in [0.05, 0.1) is 5.41 Å². The first-order valence-corrected chi connectivity index (χ1v) is 9.38. The highest BCUT2D eigenvalue weighted by atomic mass is 32.1. The van der Waals surface area contributed by atoms with Crippen molar-refractivity contribution in [1.29, 1.82) is 0 Å². The third-order valence-corrected chi connectivity index (χ3v) is 6.36. The molecule has 1 aromatic rings. The molecule has 0 saturated carbocycles. The number of nitrogens with one attached hydrogen (secondary N) is 1. The molecule has 3 heterocycles. The van der Waals surface area contributed by atoms with Crippen LogP contribution in [0.1, 0.15) is 30.2 Å². The molecule has 5 nitrogen and oxygen atoms in total. The van der Waals surface area contributed by atoms with E-state index in [1.807, 2.05) is 11.3 Å². The standard InChI is InChI=1S/C17H27N3O2S/c1-13(20-6-2-15-14(11-20)3-9-23-15)10-19-16(21)17(12-18)4-7-22-8-5-17/h3,9,13H,2,4-8,10-12,18H2,1H3,(H,19,21). The van der Waals surface area contributed by atoms with Crippen LogP contribution < -0.4 is 11.1 Å². The molecular formula is C17H27N3O2S. The number of hydrogen-bond acceptors (Lipinski definition) is 5. The van der Waals surface area contributed by atoms with E-state index >= 15 is 0 Å². The molecule has 3 N–H and O–H groups in total. The van der Waals surface area contributed by atoms with Crippen molar-refractivity contribution < 1.29 is 9.53 Å². The van der Waals surface area contributed by atoms with Gasteiger partial charge < -0.3 is 15.8 Å². The minimum Gasteiger partial charge on any atom is -0.381 e. The van der Waals surface area contributed by atoms with Crippen molar-refractivity contribution in [3.8, 4) is 0 Å². The van der Waals surface area contributed by atoms with E-state index in [1.165, 1.54) is 10.4 Å². The van der Waals surface area contributed by atoms with Gasteiger partial charge >= 0.3 is 0 Å². The lowest BCUT2D eigenvalue weighted by atomic mass is 9.79. The van der Waals surface area contributed by atoms with Gasteiger partial charge in [-0.05, 0) is 43.2 Å². The molecule has 1 atom stereocenters. The molecule has 1 saturated heterocycles. The molecule has 0 radical (unpaired) electrons. The Balaban J connectivity index is 1.52. The Labute approximate surface area is 142 Å². The van der Waals surface area contributed by atoms with Crippen molar-refractivity contribution in [3.05, 3.63) is 21.9 Å². The highest BCUT2D eigenvalue weighted by Crippen LogP contribution is 2.29.